The summed E-state index contributed by atoms with van der Waals surface area (Å²) in [5.41, 5.74) is 0.938. The van der Waals surface area contributed by atoms with Gasteiger partial charge in [0.25, 0.3) is 5.91 Å². The summed E-state index contributed by atoms with van der Waals surface area (Å²) < 4.78 is 13.3. The Morgan fingerprint density at radius 1 is 1.12 bits per heavy atom. The van der Waals surface area contributed by atoms with E-state index in [1.54, 1.807) is 37.3 Å². The van der Waals surface area contributed by atoms with E-state index in [-0.39, 0.29) is 12.5 Å². The Bertz CT molecular complexity index is 766. The molecule has 3 rings (SSSR count). The summed E-state index contributed by atoms with van der Waals surface area (Å²) in [5.74, 6) is -0.871. The van der Waals surface area contributed by atoms with Crippen LogP contribution in [0.5, 0.6) is 0 Å². The molecular weight excluding hydrogens is 311 g/mol. The van der Waals surface area contributed by atoms with E-state index in [1.807, 2.05) is 6.07 Å². The summed E-state index contributed by atoms with van der Waals surface area (Å²) in [7, 11) is 0. The highest BCUT2D eigenvalue weighted by Crippen LogP contribution is 2.27. The molecule has 0 aromatic heterocycles. The number of β-amino-alcohol motifs (C(OH)–C–C–N with tert-alkyl or cyclic N) is 1. The van der Waals surface area contributed by atoms with Gasteiger partial charge in [-0.15, -0.1) is 0 Å². The van der Waals surface area contributed by atoms with Gasteiger partial charge in [0.1, 0.15) is 11.9 Å². The third-order valence-electron chi connectivity index (χ3n) is 4.07. The minimum atomic E-state index is -1.14. The van der Waals surface area contributed by atoms with Crippen molar-refractivity contribution >= 4 is 17.6 Å². The topological polar surface area (TPSA) is 60.9 Å². The van der Waals surface area contributed by atoms with E-state index in [0.29, 0.717) is 11.3 Å². The number of aliphatic hydroxyl groups excluding tert-OH is 1. The number of benzene rings is 2. The molecule has 6 heteroatoms. The molecule has 0 aliphatic carbocycles. The van der Waals surface area contributed by atoms with E-state index in [1.165, 1.54) is 23.1 Å². The fourth-order valence-corrected chi connectivity index (χ4v) is 2.81. The quantitative estimate of drug-likeness (QED) is 0.878. The molecule has 124 valence electrons. The van der Waals surface area contributed by atoms with Crippen LogP contribution in [0.2, 0.25) is 0 Å². The Hall–Kier alpha value is -2.73. The van der Waals surface area contributed by atoms with E-state index in [4.69, 9.17) is 0 Å². The van der Waals surface area contributed by atoms with Gasteiger partial charge >= 0.3 is 6.03 Å². The van der Waals surface area contributed by atoms with Crippen molar-refractivity contribution in [3.8, 4) is 0 Å². The molecule has 0 bridgehead atoms. The molecule has 3 amide bonds. The van der Waals surface area contributed by atoms with Crippen LogP contribution < -0.4 is 4.90 Å². The second-order valence-corrected chi connectivity index (χ2v) is 5.68. The maximum absolute atomic E-state index is 13.3. The number of urea groups is 1. The summed E-state index contributed by atoms with van der Waals surface area (Å²) in [6, 6.07) is 13.2. The van der Waals surface area contributed by atoms with Gasteiger partial charge in [0, 0.05) is 5.69 Å². The fourth-order valence-electron chi connectivity index (χ4n) is 2.81. The van der Waals surface area contributed by atoms with Crippen molar-refractivity contribution < 1.29 is 19.1 Å². The van der Waals surface area contributed by atoms with Gasteiger partial charge in [-0.05, 0) is 36.8 Å². The molecule has 1 fully saturated rings. The Balaban J connectivity index is 1.81. The number of nitrogens with zero attached hydrogens (tertiary/aromatic N) is 2. The van der Waals surface area contributed by atoms with Crippen molar-refractivity contribution in [2.24, 2.45) is 0 Å². The molecule has 0 saturated carbocycles. The highest BCUT2D eigenvalue weighted by Gasteiger charge is 2.43. The Kier molecular flexibility index (Phi) is 4.31. The number of anilines is 1. The summed E-state index contributed by atoms with van der Waals surface area (Å²) in [4.78, 5) is 27.4. The van der Waals surface area contributed by atoms with E-state index < -0.39 is 24.0 Å². The molecule has 1 heterocycles. The highest BCUT2D eigenvalue weighted by atomic mass is 19.1. The van der Waals surface area contributed by atoms with Crippen molar-refractivity contribution in [1.82, 2.24) is 4.90 Å². The second kappa shape index (κ2) is 6.41. The molecule has 0 unspecified atom stereocenters. The van der Waals surface area contributed by atoms with Gasteiger partial charge in [0.15, 0.2) is 0 Å². The van der Waals surface area contributed by atoms with Gasteiger partial charge in [-0.3, -0.25) is 14.6 Å². The van der Waals surface area contributed by atoms with E-state index in [0.717, 1.165) is 4.90 Å². The molecule has 24 heavy (non-hydrogen) atoms. The number of imide groups is 1. The highest BCUT2D eigenvalue weighted by molar-refractivity contribution is 6.14. The van der Waals surface area contributed by atoms with Gasteiger partial charge < -0.3 is 5.11 Å². The zero-order valence-corrected chi connectivity index (χ0v) is 13.1. The van der Waals surface area contributed by atoms with Crippen LogP contribution in [-0.2, 0) is 4.79 Å². The van der Waals surface area contributed by atoms with Crippen molar-refractivity contribution in [2.45, 2.75) is 19.1 Å². The van der Waals surface area contributed by atoms with Gasteiger partial charge in [-0.2, -0.15) is 0 Å². The Labute approximate surface area is 138 Å². The van der Waals surface area contributed by atoms with Crippen LogP contribution in [0.15, 0.2) is 54.6 Å². The molecule has 1 aliphatic heterocycles. The molecule has 2 aromatic rings. The van der Waals surface area contributed by atoms with Crippen LogP contribution >= 0.6 is 0 Å². The lowest BCUT2D eigenvalue weighted by Crippen LogP contribution is -2.36. The first kappa shape index (κ1) is 16.1. The monoisotopic (exact) mass is 328 g/mol. The third-order valence-corrected chi connectivity index (χ3v) is 4.07. The number of amides is 3. The predicted molar refractivity (Wildman–Crippen MR) is 86.9 cm³/mol. The Morgan fingerprint density at radius 3 is 2.50 bits per heavy atom. The van der Waals surface area contributed by atoms with Crippen molar-refractivity contribution in [1.29, 1.82) is 0 Å². The van der Waals surface area contributed by atoms with Gasteiger partial charge in [0.05, 0.1) is 12.6 Å². The number of carbonyl (C=O) groups excluding carboxylic acids is 2. The van der Waals surface area contributed by atoms with Gasteiger partial charge in [-0.1, -0.05) is 30.3 Å². The lowest BCUT2D eigenvalue weighted by molar-refractivity contribution is -0.127. The average molecular weight is 328 g/mol. The number of halogens is 1. The number of hydrogen-bond acceptors (Lipinski definition) is 3. The SMILES string of the molecule is C[C@H]1C(=O)N(C[C@H](O)c2cccc(F)c2)C(=O)N1c1ccccc1. The minimum absolute atomic E-state index is 0.213. The molecule has 0 radical (unpaired) electrons. The lowest BCUT2D eigenvalue weighted by atomic mass is 10.1. The molecule has 1 aliphatic rings. The first-order valence-electron chi connectivity index (χ1n) is 7.62. The summed E-state index contributed by atoms with van der Waals surface area (Å²) in [5, 5.41) is 10.3. The molecule has 1 N–H and O–H groups in total. The number of aliphatic hydroxyl groups is 1. The molecule has 2 aromatic carbocycles. The first-order valence-corrected chi connectivity index (χ1v) is 7.62. The number of para-hydroxylation sites is 1. The number of hydrogen-bond donors (Lipinski definition) is 1. The summed E-state index contributed by atoms with van der Waals surface area (Å²) >= 11 is 0. The Morgan fingerprint density at radius 2 is 1.83 bits per heavy atom. The zero-order valence-electron chi connectivity index (χ0n) is 13.1. The molecule has 2 atom stereocenters. The lowest BCUT2D eigenvalue weighted by Gasteiger charge is -2.20. The van der Waals surface area contributed by atoms with Crippen molar-refractivity contribution in [2.75, 3.05) is 11.4 Å². The fraction of sp³-hybridized carbons (Fsp3) is 0.222. The van der Waals surface area contributed by atoms with Crippen LogP contribution in [0.1, 0.15) is 18.6 Å². The molecular formula is C18H17FN2O3. The number of rotatable bonds is 4. The second-order valence-electron chi connectivity index (χ2n) is 5.68. The molecule has 0 spiro atoms. The van der Waals surface area contributed by atoms with E-state index in [9.17, 15) is 19.1 Å². The van der Waals surface area contributed by atoms with Crippen LogP contribution in [0.3, 0.4) is 0 Å². The first-order chi connectivity index (χ1) is 11.5. The van der Waals surface area contributed by atoms with Crippen LogP contribution in [0.4, 0.5) is 14.9 Å². The van der Waals surface area contributed by atoms with Crippen molar-refractivity contribution in [3.05, 3.63) is 66.0 Å². The van der Waals surface area contributed by atoms with Gasteiger partial charge in [-0.25, -0.2) is 9.18 Å². The zero-order chi connectivity index (χ0) is 17.3. The minimum Gasteiger partial charge on any atom is -0.387 e. The van der Waals surface area contributed by atoms with Crippen LogP contribution in [-0.4, -0.2) is 34.5 Å². The average Bonchev–Trinajstić information content (AvgIpc) is 2.79. The standard InChI is InChI=1S/C18H17FN2O3/c1-12-17(23)20(11-16(22)13-6-5-7-14(19)10-13)18(24)21(12)15-8-3-2-4-9-15/h2-10,12,16,22H,11H2,1H3/t12-,16-/m0/s1. The maximum atomic E-state index is 13.3. The predicted octanol–water partition coefficient (Wildman–Crippen LogP) is 2.72. The van der Waals surface area contributed by atoms with Crippen LogP contribution in [0, 0.1) is 5.82 Å². The molecule has 1 saturated heterocycles. The maximum Gasteiger partial charge on any atom is 0.332 e. The smallest absolute Gasteiger partial charge is 0.332 e. The van der Waals surface area contributed by atoms with E-state index >= 15 is 0 Å². The van der Waals surface area contributed by atoms with Crippen LogP contribution in [0.25, 0.3) is 0 Å². The summed E-state index contributed by atoms with van der Waals surface area (Å²) in [6.45, 7) is 1.43. The number of carbonyl (C=O) groups is 2. The van der Waals surface area contributed by atoms with E-state index in [2.05, 4.69) is 0 Å². The molecule has 5 nitrogen and oxygen atoms in total. The van der Waals surface area contributed by atoms with Gasteiger partial charge in [0.2, 0.25) is 0 Å². The normalized spacial score (nSPS) is 19.0. The third kappa shape index (κ3) is 2.88. The van der Waals surface area contributed by atoms with Crippen molar-refractivity contribution in [3.63, 3.8) is 0 Å². The summed E-state index contributed by atoms with van der Waals surface area (Å²) in [6.07, 6.45) is -1.14. The largest absolute Gasteiger partial charge is 0.387 e.